The fraction of sp³-hybridized carbons (Fsp3) is 0.429. The van der Waals surface area contributed by atoms with E-state index < -0.39 is 11.5 Å². The van der Waals surface area contributed by atoms with Crippen LogP contribution in [-0.4, -0.2) is 29.6 Å². The molecule has 5 heteroatoms. The van der Waals surface area contributed by atoms with Crippen molar-refractivity contribution in [2.24, 2.45) is 5.73 Å². The van der Waals surface area contributed by atoms with Crippen molar-refractivity contribution < 1.29 is 14.7 Å². The summed E-state index contributed by atoms with van der Waals surface area (Å²) in [5.74, 6) is -1.18. The van der Waals surface area contributed by atoms with Crippen molar-refractivity contribution >= 4 is 17.6 Å². The highest BCUT2D eigenvalue weighted by Gasteiger charge is 2.36. The van der Waals surface area contributed by atoms with Crippen molar-refractivity contribution in [2.45, 2.75) is 31.2 Å². The zero-order valence-electron chi connectivity index (χ0n) is 10.9. The van der Waals surface area contributed by atoms with Gasteiger partial charge < -0.3 is 15.7 Å². The predicted octanol–water partition coefficient (Wildman–Crippen LogP) is 1.62. The number of rotatable bonds is 4. The van der Waals surface area contributed by atoms with E-state index in [-0.39, 0.29) is 17.9 Å². The van der Waals surface area contributed by atoms with Crippen molar-refractivity contribution in [1.29, 1.82) is 0 Å². The van der Waals surface area contributed by atoms with Gasteiger partial charge in [-0.15, -0.1) is 0 Å². The predicted molar refractivity (Wildman–Crippen MR) is 72.2 cm³/mol. The van der Waals surface area contributed by atoms with Crippen LogP contribution in [0.2, 0.25) is 0 Å². The van der Waals surface area contributed by atoms with Crippen molar-refractivity contribution in [1.82, 2.24) is 0 Å². The van der Waals surface area contributed by atoms with Gasteiger partial charge in [0, 0.05) is 19.0 Å². The average Bonchev–Trinajstić information content (AvgIpc) is 2.35. The molecule has 0 radical (unpaired) electrons. The second-order valence-corrected chi connectivity index (χ2v) is 5.17. The van der Waals surface area contributed by atoms with Crippen LogP contribution in [0.1, 0.15) is 36.0 Å². The van der Waals surface area contributed by atoms with Crippen LogP contribution in [0.3, 0.4) is 0 Å². The number of carbonyl (C=O) groups excluding carboxylic acids is 1. The number of carbonyl (C=O) groups is 2. The normalized spacial score (nSPS) is 16.5. The molecule has 1 fully saturated rings. The molecule has 1 aliphatic rings. The van der Waals surface area contributed by atoms with Crippen LogP contribution in [0, 0.1) is 0 Å². The molecule has 0 atom stereocenters. The summed E-state index contributed by atoms with van der Waals surface area (Å²) in [5, 5.41) is 9.12. The number of nitrogens with two attached hydrogens (primary N) is 1. The Bertz CT molecular complexity index is 509. The molecule has 1 amide bonds. The molecule has 5 nitrogen and oxygen atoms in total. The van der Waals surface area contributed by atoms with E-state index in [1.165, 1.54) is 11.0 Å². The maximum atomic E-state index is 12.2. The molecule has 3 N–H and O–H groups in total. The third-order valence-electron chi connectivity index (χ3n) is 3.72. The second-order valence-electron chi connectivity index (χ2n) is 5.17. The first-order valence-electron chi connectivity index (χ1n) is 6.31. The number of aromatic carboxylic acids is 1. The summed E-state index contributed by atoms with van der Waals surface area (Å²) in [7, 11) is 1.59. The summed E-state index contributed by atoms with van der Waals surface area (Å²) in [6.45, 7) is 0. The maximum Gasteiger partial charge on any atom is 0.337 e. The Hall–Kier alpha value is -1.88. The van der Waals surface area contributed by atoms with Gasteiger partial charge >= 0.3 is 5.97 Å². The summed E-state index contributed by atoms with van der Waals surface area (Å²) >= 11 is 0. The minimum atomic E-state index is -1.04. The lowest BCUT2D eigenvalue weighted by molar-refractivity contribution is -0.120. The molecule has 0 bridgehead atoms. The molecule has 0 spiro atoms. The number of amides is 1. The first kappa shape index (κ1) is 13.5. The lowest BCUT2D eigenvalue weighted by Crippen LogP contribution is -2.50. The lowest BCUT2D eigenvalue weighted by Gasteiger charge is -2.38. The van der Waals surface area contributed by atoms with E-state index in [4.69, 9.17) is 10.8 Å². The van der Waals surface area contributed by atoms with Crippen molar-refractivity contribution in [2.75, 3.05) is 11.9 Å². The number of hydrogen-bond acceptors (Lipinski definition) is 3. The van der Waals surface area contributed by atoms with Crippen LogP contribution in [0.25, 0.3) is 0 Å². The van der Waals surface area contributed by atoms with Crippen LogP contribution in [0.5, 0.6) is 0 Å². The molecule has 0 aliphatic heterocycles. The fourth-order valence-corrected chi connectivity index (χ4v) is 2.31. The third kappa shape index (κ3) is 2.76. The molecular weight excluding hydrogens is 244 g/mol. The Labute approximate surface area is 112 Å². The quantitative estimate of drug-likeness (QED) is 0.863. The molecule has 19 heavy (non-hydrogen) atoms. The minimum Gasteiger partial charge on any atom is -0.478 e. The van der Waals surface area contributed by atoms with E-state index >= 15 is 0 Å². The van der Waals surface area contributed by atoms with Gasteiger partial charge in [0.2, 0.25) is 5.91 Å². The zero-order valence-corrected chi connectivity index (χ0v) is 10.9. The van der Waals surface area contributed by atoms with E-state index in [1.807, 2.05) is 0 Å². The number of benzene rings is 1. The van der Waals surface area contributed by atoms with Gasteiger partial charge in [-0.3, -0.25) is 4.79 Å². The summed E-state index contributed by atoms with van der Waals surface area (Å²) in [6, 6.07) is 6.48. The number of hydrogen-bond donors (Lipinski definition) is 2. The smallest absolute Gasteiger partial charge is 0.337 e. The zero-order chi connectivity index (χ0) is 14.0. The van der Waals surface area contributed by atoms with Gasteiger partial charge in [-0.1, -0.05) is 12.1 Å². The second kappa shape index (κ2) is 5.01. The summed E-state index contributed by atoms with van der Waals surface area (Å²) in [6.07, 6.45) is 3.02. The molecule has 1 aromatic carbocycles. The van der Waals surface area contributed by atoms with E-state index in [0.29, 0.717) is 5.69 Å². The van der Waals surface area contributed by atoms with Gasteiger partial charge in [-0.05, 0) is 31.4 Å². The summed E-state index contributed by atoms with van der Waals surface area (Å²) in [5.41, 5.74) is 6.18. The van der Waals surface area contributed by atoms with E-state index in [2.05, 4.69) is 0 Å². The van der Waals surface area contributed by atoms with Gasteiger partial charge in [0.25, 0.3) is 0 Å². The van der Waals surface area contributed by atoms with E-state index in [0.717, 1.165) is 19.3 Å². The van der Waals surface area contributed by atoms with Crippen molar-refractivity contribution in [3.63, 3.8) is 0 Å². The Balaban J connectivity index is 2.17. The SMILES string of the molecule is CN(C(=O)CC1(N)CCC1)c1ccccc1C(=O)O. The molecule has 1 saturated carbocycles. The summed E-state index contributed by atoms with van der Waals surface area (Å²) in [4.78, 5) is 24.7. The van der Waals surface area contributed by atoms with Crippen LogP contribution < -0.4 is 10.6 Å². The summed E-state index contributed by atoms with van der Waals surface area (Å²) < 4.78 is 0. The number of para-hydroxylation sites is 1. The average molecular weight is 262 g/mol. The van der Waals surface area contributed by atoms with Gasteiger partial charge in [0.05, 0.1) is 11.3 Å². The van der Waals surface area contributed by atoms with Crippen LogP contribution in [0.4, 0.5) is 5.69 Å². The highest BCUT2D eigenvalue weighted by Crippen LogP contribution is 2.33. The number of carboxylic acid groups (broad SMARTS) is 1. The number of anilines is 1. The van der Waals surface area contributed by atoms with Gasteiger partial charge in [0.15, 0.2) is 0 Å². The van der Waals surface area contributed by atoms with Crippen molar-refractivity contribution in [3.8, 4) is 0 Å². The lowest BCUT2D eigenvalue weighted by atomic mass is 9.75. The highest BCUT2D eigenvalue weighted by atomic mass is 16.4. The molecule has 0 aromatic heterocycles. The van der Waals surface area contributed by atoms with E-state index in [9.17, 15) is 9.59 Å². The number of carboxylic acids is 1. The highest BCUT2D eigenvalue weighted by molar-refractivity contribution is 6.01. The fourth-order valence-electron chi connectivity index (χ4n) is 2.31. The maximum absolute atomic E-state index is 12.2. The van der Waals surface area contributed by atoms with Gasteiger partial charge in [-0.25, -0.2) is 4.79 Å². The van der Waals surface area contributed by atoms with Gasteiger partial charge in [-0.2, -0.15) is 0 Å². The minimum absolute atomic E-state index is 0.123. The standard InChI is InChI=1S/C14H18N2O3/c1-16(12(17)9-14(15)7-4-8-14)11-6-3-2-5-10(11)13(18)19/h2-3,5-6H,4,7-9,15H2,1H3,(H,18,19). The van der Waals surface area contributed by atoms with Crippen LogP contribution in [-0.2, 0) is 4.79 Å². The first-order valence-corrected chi connectivity index (χ1v) is 6.31. The molecule has 0 saturated heterocycles. The third-order valence-corrected chi connectivity index (χ3v) is 3.72. The van der Waals surface area contributed by atoms with Crippen LogP contribution in [0.15, 0.2) is 24.3 Å². The first-order chi connectivity index (χ1) is 8.93. The largest absolute Gasteiger partial charge is 0.478 e. The Morgan fingerprint density at radius 1 is 1.37 bits per heavy atom. The molecule has 2 rings (SSSR count). The van der Waals surface area contributed by atoms with Gasteiger partial charge in [0.1, 0.15) is 0 Å². The topological polar surface area (TPSA) is 83.6 Å². The Kier molecular flexibility index (Phi) is 3.57. The number of nitrogens with zero attached hydrogens (tertiary/aromatic N) is 1. The molecular formula is C14H18N2O3. The molecule has 102 valence electrons. The monoisotopic (exact) mass is 262 g/mol. The molecule has 0 unspecified atom stereocenters. The molecule has 1 aromatic rings. The molecule has 0 heterocycles. The van der Waals surface area contributed by atoms with Crippen LogP contribution >= 0.6 is 0 Å². The Morgan fingerprint density at radius 3 is 2.53 bits per heavy atom. The van der Waals surface area contributed by atoms with Crippen molar-refractivity contribution in [3.05, 3.63) is 29.8 Å². The molecule has 1 aliphatic carbocycles. The Morgan fingerprint density at radius 2 is 2.00 bits per heavy atom. The van der Waals surface area contributed by atoms with E-state index in [1.54, 1.807) is 25.2 Å².